The molecule has 1 aliphatic rings. The van der Waals surface area contributed by atoms with Crippen molar-refractivity contribution in [2.75, 3.05) is 26.7 Å². The van der Waals surface area contributed by atoms with Crippen molar-refractivity contribution in [2.45, 2.75) is 19.8 Å². The number of rotatable bonds is 3. The van der Waals surface area contributed by atoms with E-state index < -0.39 is 23.4 Å². The summed E-state index contributed by atoms with van der Waals surface area (Å²) in [6.45, 7) is 2.83. The number of ether oxygens (including phenoxy) is 1. The summed E-state index contributed by atoms with van der Waals surface area (Å²) >= 11 is 0. The molecular formula is C11H18N2O5. The number of carboxylic acids is 1. The summed E-state index contributed by atoms with van der Waals surface area (Å²) in [6.07, 6.45) is 0.203. The van der Waals surface area contributed by atoms with Crippen LogP contribution < -0.4 is 5.32 Å². The average Bonchev–Trinajstić information content (AvgIpc) is 2.32. The molecule has 1 fully saturated rings. The summed E-state index contributed by atoms with van der Waals surface area (Å²) in [5.41, 5.74) is -0.713. The van der Waals surface area contributed by atoms with Crippen molar-refractivity contribution in [3.05, 3.63) is 0 Å². The molecule has 1 rings (SSSR count). The van der Waals surface area contributed by atoms with Gasteiger partial charge in [-0.3, -0.25) is 19.8 Å². The van der Waals surface area contributed by atoms with Gasteiger partial charge in [0.1, 0.15) is 0 Å². The van der Waals surface area contributed by atoms with Crippen LogP contribution in [0.25, 0.3) is 0 Å². The monoisotopic (exact) mass is 258 g/mol. The van der Waals surface area contributed by atoms with Gasteiger partial charge in [-0.1, -0.05) is 0 Å². The summed E-state index contributed by atoms with van der Waals surface area (Å²) in [7, 11) is 1.18. The van der Waals surface area contributed by atoms with Gasteiger partial charge in [0.15, 0.2) is 0 Å². The Kier molecular flexibility index (Phi) is 4.66. The third kappa shape index (κ3) is 3.69. The average molecular weight is 258 g/mol. The van der Waals surface area contributed by atoms with Gasteiger partial charge in [0.25, 0.3) is 0 Å². The van der Waals surface area contributed by atoms with E-state index >= 15 is 0 Å². The van der Waals surface area contributed by atoms with Crippen LogP contribution in [0.3, 0.4) is 0 Å². The molecule has 0 atom stereocenters. The van der Waals surface area contributed by atoms with Gasteiger partial charge in [-0.05, 0) is 32.9 Å². The van der Waals surface area contributed by atoms with Crippen LogP contribution >= 0.6 is 0 Å². The zero-order valence-electron chi connectivity index (χ0n) is 10.6. The first-order valence-corrected chi connectivity index (χ1v) is 5.71. The lowest BCUT2D eigenvalue weighted by molar-refractivity contribution is -0.150. The predicted octanol–water partition coefficient (Wildman–Crippen LogP) is 0.0557. The van der Waals surface area contributed by atoms with Crippen LogP contribution in [-0.2, 0) is 14.3 Å². The zero-order valence-corrected chi connectivity index (χ0v) is 10.6. The van der Waals surface area contributed by atoms with Crippen molar-refractivity contribution in [3.63, 3.8) is 0 Å². The summed E-state index contributed by atoms with van der Waals surface area (Å²) in [6, 6.07) is 0. The fourth-order valence-electron chi connectivity index (χ4n) is 1.83. The summed E-state index contributed by atoms with van der Waals surface area (Å²) in [5, 5.41) is 11.1. The topological polar surface area (TPSA) is 95.9 Å². The number of hydrogen-bond acceptors (Lipinski definition) is 5. The third-order valence-corrected chi connectivity index (χ3v) is 3.27. The minimum atomic E-state index is -0.804. The van der Waals surface area contributed by atoms with Crippen LogP contribution in [0.5, 0.6) is 0 Å². The molecule has 2 amide bonds. The smallest absolute Gasteiger partial charge is 0.413 e. The Morgan fingerprint density at radius 2 is 1.89 bits per heavy atom. The number of nitrogens with zero attached hydrogens (tertiary/aromatic N) is 1. The number of piperidine rings is 1. The normalized spacial score (nSPS) is 19.0. The van der Waals surface area contributed by atoms with E-state index in [-0.39, 0.29) is 6.54 Å². The lowest BCUT2D eigenvalue weighted by Crippen LogP contribution is -2.47. The molecule has 0 aromatic rings. The molecule has 0 radical (unpaired) electrons. The number of imide groups is 1. The molecule has 7 heteroatoms. The predicted molar refractivity (Wildman–Crippen MR) is 62.0 cm³/mol. The van der Waals surface area contributed by atoms with Crippen molar-refractivity contribution in [2.24, 2.45) is 5.41 Å². The Labute approximate surface area is 105 Å². The highest BCUT2D eigenvalue weighted by molar-refractivity contribution is 5.92. The number of likely N-dealkylation sites (tertiary alicyclic amines) is 1. The molecule has 1 aliphatic heterocycles. The summed E-state index contributed by atoms with van der Waals surface area (Å²) in [4.78, 5) is 35.1. The van der Waals surface area contributed by atoms with E-state index in [1.165, 1.54) is 7.11 Å². The third-order valence-electron chi connectivity index (χ3n) is 3.27. The molecule has 7 nitrogen and oxygen atoms in total. The molecule has 102 valence electrons. The van der Waals surface area contributed by atoms with Crippen molar-refractivity contribution < 1.29 is 24.2 Å². The Morgan fingerprint density at radius 3 is 2.33 bits per heavy atom. The van der Waals surface area contributed by atoms with E-state index in [1.54, 1.807) is 6.92 Å². The fraction of sp³-hybridized carbons (Fsp3) is 0.727. The minimum absolute atomic E-state index is 0.0742. The van der Waals surface area contributed by atoms with Crippen LogP contribution in [0.15, 0.2) is 0 Å². The SMILES string of the molecule is COC(=O)NC(=O)CN1CCC(C)(C(=O)O)CC1. The Balaban J connectivity index is 2.38. The van der Waals surface area contributed by atoms with Crippen molar-refractivity contribution in [1.82, 2.24) is 10.2 Å². The van der Waals surface area contributed by atoms with Gasteiger partial charge in [0, 0.05) is 0 Å². The van der Waals surface area contributed by atoms with Crippen LogP contribution in [0.1, 0.15) is 19.8 Å². The standard InChI is InChI=1S/C11H18N2O5/c1-11(9(15)16)3-5-13(6-4-11)7-8(14)12-10(17)18-2/h3-7H2,1-2H3,(H,15,16)(H,12,14,17). The van der Waals surface area contributed by atoms with Gasteiger partial charge in [-0.15, -0.1) is 0 Å². The van der Waals surface area contributed by atoms with Gasteiger partial charge in [0.2, 0.25) is 5.91 Å². The molecule has 0 spiro atoms. The Morgan fingerprint density at radius 1 is 1.33 bits per heavy atom. The molecule has 0 aliphatic carbocycles. The number of amides is 2. The number of methoxy groups -OCH3 is 1. The molecule has 2 N–H and O–H groups in total. The quantitative estimate of drug-likeness (QED) is 0.743. The van der Waals surface area contributed by atoms with Crippen LogP contribution in [-0.4, -0.2) is 54.7 Å². The first-order chi connectivity index (χ1) is 8.37. The first kappa shape index (κ1) is 14.4. The maximum atomic E-state index is 11.4. The van der Waals surface area contributed by atoms with Crippen LogP contribution in [0.2, 0.25) is 0 Å². The van der Waals surface area contributed by atoms with Crippen molar-refractivity contribution in [3.8, 4) is 0 Å². The van der Waals surface area contributed by atoms with E-state index in [0.717, 1.165) is 0 Å². The summed E-state index contributed by atoms with van der Waals surface area (Å²) in [5.74, 6) is -1.25. The second kappa shape index (κ2) is 5.81. The van der Waals surface area contributed by atoms with E-state index in [1.807, 2.05) is 4.90 Å². The molecule has 18 heavy (non-hydrogen) atoms. The maximum Gasteiger partial charge on any atom is 0.413 e. The van der Waals surface area contributed by atoms with E-state index in [4.69, 9.17) is 5.11 Å². The number of hydrogen-bond donors (Lipinski definition) is 2. The highest BCUT2D eigenvalue weighted by atomic mass is 16.5. The maximum absolute atomic E-state index is 11.4. The highest BCUT2D eigenvalue weighted by Gasteiger charge is 2.37. The van der Waals surface area contributed by atoms with Gasteiger partial charge in [-0.25, -0.2) is 4.79 Å². The van der Waals surface area contributed by atoms with Gasteiger partial charge in [0.05, 0.1) is 19.1 Å². The van der Waals surface area contributed by atoms with Gasteiger partial charge >= 0.3 is 12.1 Å². The van der Waals surface area contributed by atoms with E-state index in [9.17, 15) is 14.4 Å². The minimum Gasteiger partial charge on any atom is -0.481 e. The second-order valence-electron chi connectivity index (χ2n) is 4.68. The number of alkyl carbamates (subject to hydrolysis) is 1. The first-order valence-electron chi connectivity index (χ1n) is 5.71. The Bertz CT molecular complexity index is 347. The van der Waals surface area contributed by atoms with Crippen LogP contribution in [0.4, 0.5) is 4.79 Å². The number of nitrogens with one attached hydrogen (secondary N) is 1. The highest BCUT2D eigenvalue weighted by Crippen LogP contribution is 2.30. The summed E-state index contributed by atoms with van der Waals surface area (Å²) < 4.78 is 4.31. The van der Waals surface area contributed by atoms with Gasteiger partial charge in [-0.2, -0.15) is 0 Å². The molecule has 1 heterocycles. The van der Waals surface area contributed by atoms with E-state index in [0.29, 0.717) is 25.9 Å². The molecule has 0 aromatic carbocycles. The van der Waals surface area contributed by atoms with Gasteiger partial charge < -0.3 is 9.84 Å². The molecule has 0 aromatic heterocycles. The second-order valence-corrected chi connectivity index (χ2v) is 4.68. The molecule has 0 saturated carbocycles. The Hall–Kier alpha value is -1.63. The lowest BCUT2D eigenvalue weighted by Gasteiger charge is -2.35. The number of carbonyl (C=O) groups excluding carboxylic acids is 2. The number of carboxylic acid groups (broad SMARTS) is 1. The fourth-order valence-corrected chi connectivity index (χ4v) is 1.83. The number of aliphatic carboxylic acids is 1. The van der Waals surface area contributed by atoms with Crippen molar-refractivity contribution >= 4 is 18.0 Å². The molecular weight excluding hydrogens is 240 g/mol. The van der Waals surface area contributed by atoms with Crippen molar-refractivity contribution in [1.29, 1.82) is 0 Å². The molecule has 1 saturated heterocycles. The zero-order chi connectivity index (χ0) is 13.8. The van der Waals surface area contributed by atoms with Crippen LogP contribution in [0, 0.1) is 5.41 Å². The largest absolute Gasteiger partial charge is 0.481 e. The molecule has 0 unspecified atom stereocenters. The lowest BCUT2D eigenvalue weighted by atomic mass is 9.80. The molecule has 0 bridgehead atoms. The van der Waals surface area contributed by atoms with E-state index in [2.05, 4.69) is 10.1 Å². The number of carbonyl (C=O) groups is 3.